The maximum absolute atomic E-state index is 13.3. The summed E-state index contributed by atoms with van der Waals surface area (Å²) in [6.07, 6.45) is 0. The van der Waals surface area contributed by atoms with E-state index in [0.29, 0.717) is 10.6 Å². The number of nitrogens with one attached hydrogen (secondary N) is 1. The van der Waals surface area contributed by atoms with Gasteiger partial charge in [0.2, 0.25) is 0 Å². The molecule has 11 heteroatoms. The SMILES string of the molecule is COc1ccc(S(=O)(=O)C(CNC(=O)c2cc(Cl)ccc2[N+](=O)[O-])c2cccs2)cc1. The third kappa shape index (κ3) is 5.04. The Kier molecular flexibility index (Phi) is 6.94. The summed E-state index contributed by atoms with van der Waals surface area (Å²) in [7, 11) is -2.41. The summed E-state index contributed by atoms with van der Waals surface area (Å²) in [6, 6.07) is 12.9. The largest absolute Gasteiger partial charge is 0.497 e. The van der Waals surface area contributed by atoms with E-state index < -0.39 is 31.6 Å². The maximum Gasteiger partial charge on any atom is 0.282 e. The summed E-state index contributed by atoms with van der Waals surface area (Å²) < 4.78 is 31.7. The van der Waals surface area contributed by atoms with E-state index in [9.17, 15) is 23.3 Å². The number of sulfone groups is 1. The van der Waals surface area contributed by atoms with Crippen molar-refractivity contribution in [1.29, 1.82) is 0 Å². The monoisotopic (exact) mass is 480 g/mol. The average molecular weight is 481 g/mol. The van der Waals surface area contributed by atoms with E-state index in [1.165, 1.54) is 54.8 Å². The summed E-state index contributed by atoms with van der Waals surface area (Å²) in [5, 5.41) is 14.5. The zero-order chi connectivity index (χ0) is 22.6. The third-order valence-corrected chi connectivity index (χ3v) is 7.94. The number of amides is 1. The summed E-state index contributed by atoms with van der Waals surface area (Å²) in [4.78, 5) is 23.8. The van der Waals surface area contributed by atoms with Gasteiger partial charge in [-0.3, -0.25) is 14.9 Å². The van der Waals surface area contributed by atoms with E-state index in [1.54, 1.807) is 17.5 Å². The first-order valence-corrected chi connectivity index (χ1v) is 11.7. The van der Waals surface area contributed by atoms with Crippen LogP contribution in [-0.4, -0.2) is 32.9 Å². The lowest BCUT2D eigenvalue weighted by Gasteiger charge is -2.18. The molecule has 1 atom stereocenters. The second-order valence-electron chi connectivity index (χ2n) is 6.35. The summed E-state index contributed by atoms with van der Waals surface area (Å²) in [5.74, 6) is -0.283. The Morgan fingerprint density at radius 2 is 1.94 bits per heavy atom. The van der Waals surface area contributed by atoms with Gasteiger partial charge in [-0.15, -0.1) is 11.3 Å². The minimum Gasteiger partial charge on any atom is -0.497 e. The van der Waals surface area contributed by atoms with Gasteiger partial charge in [-0.05, 0) is 47.8 Å². The van der Waals surface area contributed by atoms with Gasteiger partial charge in [-0.1, -0.05) is 17.7 Å². The smallest absolute Gasteiger partial charge is 0.282 e. The number of methoxy groups -OCH3 is 1. The normalized spacial score (nSPS) is 12.2. The molecule has 0 spiro atoms. The number of rotatable bonds is 8. The van der Waals surface area contributed by atoms with Gasteiger partial charge >= 0.3 is 0 Å². The first-order chi connectivity index (χ1) is 14.7. The molecule has 2 aromatic carbocycles. The molecular formula is C20H17ClN2O6S2. The number of benzene rings is 2. The van der Waals surface area contributed by atoms with Crippen LogP contribution < -0.4 is 10.1 Å². The number of carbonyl (C=O) groups is 1. The number of halogens is 1. The zero-order valence-corrected chi connectivity index (χ0v) is 18.5. The van der Waals surface area contributed by atoms with Crippen LogP contribution >= 0.6 is 22.9 Å². The number of nitrogens with zero attached hydrogens (tertiary/aromatic N) is 1. The lowest BCUT2D eigenvalue weighted by molar-refractivity contribution is -0.385. The highest BCUT2D eigenvalue weighted by atomic mass is 35.5. The van der Waals surface area contributed by atoms with Gasteiger partial charge in [0.1, 0.15) is 16.6 Å². The van der Waals surface area contributed by atoms with Crippen LogP contribution in [0.3, 0.4) is 0 Å². The lowest BCUT2D eigenvalue weighted by Crippen LogP contribution is -2.32. The average Bonchev–Trinajstić information content (AvgIpc) is 3.27. The first-order valence-electron chi connectivity index (χ1n) is 8.87. The van der Waals surface area contributed by atoms with Gasteiger partial charge in [0, 0.05) is 22.5 Å². The third-order valence-electron chi connectivity index (χ3n) is 4.47. The van der Waals surface area contributed by atoms with Gasteiger partial charge in [-0.2, -0.15) is 0 Å². The fraction of sp³-hybridized carbons (Fsp3) is 0.150. The van der Waals surface area contributed by atoms with Crippen LogP contribution in [-0.2, 0) is 9.84 Å². The Balaban J connectivity index is 1.90. The van der Waals surface area contributed by atoms with E-state index in [2.05, 4.69) is 5.32 Å². The van der Waals surface area contributed by atoms with E-state index in [4.69, 9.17) is 16.3 Å². The van der Waals surface area contributed by atoms with Crippen molar-refractivity contribution in [2.24, 2.45) is 0 Å². The molecule has 1 heterocycles. The predicted octanol–water partition coefficient (Wildman–Crippen LogP) is 4.26. The van der Waals surface area contributed by atoms with E-state index in [-0.39, 0.29) is 22.0 Å². The van der Waals surface area contributed by atoms with Crippen LogP contribution in [0, 0.1) is 10.1 Å². The van der Waals surface area contributed by atoms with E-state index in [1.807, 2.05) is 0 Å². The summed E-state index contributed by atoms with van der Waals surface area (Å²) in [6.45, 7) is -0.280. The molecule has 0 aliphatic rings. The zero-order valence-electron chi connectivity index (χ0n) is 16.1. The number of ether oxygens (including phenoxy) is 1. The maximum atomic E-state index is 13.3. The van der Waals surface area contributed by atoms with Crippen molar-refractivity contribution >= 4 is 44.4 Å². The Morgan fingerprint density at radius 1 is 1.23 bits per heavy atom. The van der Waals surface area contributed by atoms with E-state index in [0.717, 1.165) is 6.07 Å². The van der Waals surface area contributed by atoms with Gasteiger partial charge in [0.05, 0.1) is 16.9 Å². The van der Waals surface area contributed by atoms with Crippen LogP contribution in [0.5, 0.6) is 5.75 Å². The molecule has 0 saturated heterocycles. The number of nitro benzene ring substituents is 1. The Labute approximate surface area is 187 Å². The number of thiophene rings is 1. The lowest BCUT2D eigenvalue weighted by atomic mass is 10.1. The quantitative estimate of drug-likeness (QED) is 0.380. The Morgan fingerprint density at radius 3 is 2.52 bits per heavy atom. The standard InChI is InChI=1S/C20H17ClN2O6S2/c1-29-14-5-7-15(8-6-14)31(27,28)19(18-3-2-10-30-18)12-22-20(24)16-11-13(21)4-9-17(16)23(25)26/h2-11,19H,12H2,1H3,(H,22,24). The first kappa shape index (κ1) is 22.7. The summed E-state index contributed by atoms with van der Waals surface area (Å²) >= 11 is 7.11. The van der Waals surface area contributed by atoms with Crippen molar-refractivity contribution in [2.75, 3.05) is 13.7 Å². The molecule has 0 bridgehead atoms. The van der Waals surface area contributed by atoms with Crippen LogP contribution in [0.2, 0.25) is 5.02 Å². The number of nitro groups is 1. The Hall–Kier alpha value is -2.95. The molecule has 162 valence electrons. The molecule has 1 amide bonds. The molecule has 3 rings (SSSR count). The fourth-order valence-electron chi connectivity index (χ4n) is 2.90. The predicted molar refractivity (Wildman–Crippen MR) is 118 cm³/mol. The van der Waals surface area contributed by atoms with Crippen LogP contribution in [0.1, 0.15) is 20.5 Å². The van der Waals surface area contributed by atoms with Crippen molar-refractivity contribution in [3.63, 3.8) is 0 Å². The molecule has 0 radical (unpaired) electrons. The minimum atomic E-state index is -3.88. The molecule has 31 heavy (non-hydrogen) atoms. The number of hydrogen-bond donors (Lipinski definition) is 1. The van der Waals surface area contributed by atoms with Crippen LogP contribution in [0.25, 0.3) is 0 Å². The molecule has 0 fully saturated rings. The molecule has 1 N–H and O–H groups in total. The second-order valence-corrected chi connectivity index (χ2v) is 9.90. The molecular weight excluding hydrogens is 464 g/mol. The molecule has 8 nitrogen and oxygen atoms in total. The molecule has 0 saturated carbocycles. The Bertz CT molecular complexity index is 1190. The topological polar surface area (TPSA) is 116 Å². The van der Waals surface area contributed by atoms with Crippen molar-refractivity contribution in [3.8, 4) is 5.75 Å². The minimum absolute atomic E-state index is 0.0645. The highest BCUT2D eigenvalue weighted by Crippen LogP contribution is 2.32. The number of carbonyl (C=O) groups excluding carboxylic acids is 1. The van der Waals surface area contributed by atoms with Gasteiger partial charge in [0.25, 0.3) is 11.6 Å². The van der Waals surface area contributed by atoms with Crippen molar-refractivity contribution in [2.45, 2.75) is 10.1 Å². The molecule has 1 unspecified atom stereocenters. The van der Waals surface area contributed by atoms with E-state index >= 15 is 0 Å². The van der Waals surface area contributed by atoms with Gasteiger partial charge in [0.15, 0.2) is 9.84 Å². The van der Waals surface area contributed by atoms with Gasteiger partial charge in [-0.25, -0.2) is 8.42 Å². The summed E-state index contributed by atoms with van der Waals surface area (Å²) in [5.41, 5.74) is -0.670. The second kappa shape index (κ2) is 9.46. The molecule has 0 aliphatic heterocycles. The fourth-order valence-corrected chi connectivity index (χ4v) is 5.85. The van der Waals surface area contributed by atoms with Crippen molar-refractivity contribution < 1.29 is 22.9 Å². The highest BCUT2D eigenvalue weighted by molar-refractivity contribution is 7.91. The highest BCUT2D eigenvalue weighted by Gasteiger charge is 2.31. The van der Waals surface area contributed by atoms with Crippen LogP contribution in [0.4, 0.5) is 5.69 Å². The van der Waals surface area contributed by atoms with Crippen molar-refractivity contribution in [1.82, 2.24) is 5.32 Å². The molecule has 1 aromatic heterocycles. The molecule has 3 aromatic rings. The van der Waals surface area contributed by atoms with Crippen LogP contribution in [0.15, 0.2) is 64.9 Å². The van der Waals surface area contributed by atoms with Gasteiger partial charge < -0.3 is 10.1 Å². The van der Waals surface area contributed by atoms with Crippen molar-refractivity contribution in [3.05, 3.63) is 85.6 Å². The molecule has 0 aliphatic carbocycles. The number of hydrogen-bond acceptors (Lipinski definition) is 7.